The second-order valence-electron chi connectivity index (χ2n) is 5.72. The molecule has 0 aromatic carbocycles. The minimum Gasteiger partial charge on any atom is -0.379 e. The molecule has 5 nitrogen and oxygen atoms in total. The molecule has 1 fully saturated rings. The summed E-state index contributed by atoms with van der Waals surface area (Å²) >= 11 is 1.80. The molecule has 6 heteroatoms. The Hall–Kier alpha value is -1.11. The lowest BCUT2D eigenvalue weighted by molar-refractivity contribution is -0.0174. The van der Waals surface area contributed by atoms with Crippen molar-refractivity contribution in [1.82, 2.24) is 15.5 Å². The van der Waals surface area contributed by atoms with E-state index in [0.29, 0.717) is 12.1 Å². The van der Waals surface area contributed by atoms with Gasteiger partial charge >= 0.3 is 0 Å². The van der Waals surface area contributed by atoms with Gasteiger partial charge in [-0.2, -0.15) is 0 Å². The third-order valence-corrected chi connectivity index (χ3v) is 4.95. The summed E-state index contributed by atoms with van der Waals surface area (Å²) in [7, 11) is 1.82. The standard InChI is InChI=1S/C16H28N4OS/c1-13(20-8-9-21-12-14(20)2)11-19-16(17-3)18-7-6-15-5-4-10-22-15/h4-5,10,13-14H,6-9,11-12H2,1-3H3,(H2,17,18,19). The molecule has 2 atom stereocenters. The predicted molar refractivity (Wildman–Crippen MR) is 93.8 cm³/mol. The van der Waals surface area contributed by atoms with Gasteiger partial charge in [0, 0.05) is 43.6 Å². The molecule has 2 unspecified atom stereocenters. The van der Waals surface area contributed by atoms with Crippen molar-refractivity contribution in [2.24, 2.45) is 4.99 Å². The lowest BCUT2D eigenvalue weighted by atomic mass is 10.2. The van der Waals surface area contributed by atoms with Gasteiger partial charge < -0.3 is 15.4 Å². The largest absolute Gasteiger partial charge is 0.379 e. The summed E-state index contributed by atoms with van der Waals surface area (Å²) in [5.41, 5.74) is 0. The summed E-state index contributed by atoms with van der Waals surface area (Å²) < 4.78 is 5.50. The monoisotopic (exact) mass is 324 g/mol. The van der Waals surface area contributed by atoms with E-state index in [2.05, 4.69) is 51.9 Å². The highest BCUT2D eigenvalue weighted by Crippen LogP contribution is 2.10. The lowest BCUT2D eigenvalue weighted by Crippen LogP contribution is -2.53. The SMILES string of the molecule is CN=C(NCCc1cccs1)NCC(C)N1CCOCC1C. The van der Waals surface area contributed by atoms with Crippen molar-refractivity contribution in [3.8, 4) is 0 Å². The van der Waals surface area contributed by atoms with Gasteiger partial charge in [0.2, 0.25) is 0 Å². The molecule has 1 aromatic rings. The Kier molecular flexibility index (Phi) is 7.15. The maximum atomic E-state index is 5.50. The second-order valence-corrected chi connectivity index (χ2v) is 6.75. The Morgan fingerprint density at radius 1 is 1.55 bits per heavy atom. The first-order valence-electron chi connectivity index (χ1n) is 8.01. The van der Waals surface area contributed by atoms with E-state index < -0.39 is 0 Å². The van der Waals surface area contributed by atoms with Crippen LogP contribution < -0.4 is 10.6 Å². The van der Waals surface area contributed by atoms with Crippen molar-refractivity contribution >= 4 is 17.3 Å². The highest BCUT2D eigenvalue weighted by molar-refractivity contribution is 7.09. The predicted octanol–water partition coefficient (Wildman–Crippen LogP) is 1.56. The number of thiophene rings is 1. The van der Waals surface area contributed by atoms with Gasteiger partial charge in [-0.15, -0.1) is 11.3 Å². The summed E-state index contributed by atoms with van der Waals surface area (Å²) in [6.45, 7) is 8.96. The molecule has 1 aliphatic rings. The smallest absolute Gasteiger partial charge is 0.191 e. The first-order valence-corrected chi connectivity index (χ1v) is 8.89. The van der Waals surface area contributed by atoms with Crippen LogP contribution in [0.15, 0.2) is 22.5 Å². The second kappa shape index (κ2) is 9.12. The molecule has 2 heterocycles. The Labute approximate surface area is 137 Å². The molecular formula is C16H28N4OS. The number of ether oxygens (including phenoxy) is 1. The maximum absolute atomic E-state index is 5.50. The van der Waals surface area contributed by atoms with Crippen LogP contribution in [0, 0.1) is 0 Å². The molecule has 124 valence electrons. The first kappa shape index (κ1) is 17.2. The fourth-order valence-corrected chi connectivity index (χ4v) is 3.44. The molecule has 1 saturated heterocycles. The fourth-order valence-electron chi connectivity index (χ4n) is 2.74. The van der Waals surface area contributed by atoms with Crippen LogP contribution in [-0.4, -0.2) is 62.8 Å². The highest BCUT2D eigenvalue weighted by Gasteiger charge is 2.23. The summed E-state index contributed by atoms with van der Waals surface area (Å²) in [6.07, 6.45) is 1.04. The molecule has 1 aliphatic heterocycles. The maximum Gasteiger partial charge on any atom is 0.191 e. The van der Waals surface area contributed by atoms with E-state index >= 15 is 0 Å². The topological polar surface area (TPSA) is 48.9 Å². The van der Waals surface area contributed by atoms with Crippen LogP contribution in [-0.2, 0) is 11.2 Å². The van der Waals surface area contributed by atoms with Crippen molar-refractivity contribution in [3.63, 3.8) is 0 Å². The van der Waals surface area contributed by atoms with Crippen LogP contribution in [0.5, 0.6) is 0 Å². The fraction of sp³-hybridized carbons (Fsp3) is 0.688. The van der Waals surface area contributed by atoms with Gasteiger partial charge in [0.25, 0.3) is 0 Å². The van der Waals surface area contributed by atoms with E-state index in [9.17, 15) is 0 Å². The Morgan fingerprint density at radius 3 is 3.09 bits per heavy atom. The Bertz CT molecular complexity index is 449. The number of nitrogens with zero attached hydrogens (tertiary/aromatic N) is 2. The molecule has 0 saturated carbocycles. The normalized spacial score (nSPS) is 21.6. The number of guanidine groups is 1. The number of hydrogen-bond acceptors (Lipinski definition) is 4. The van der Waals surface area contributed by atoms with E-state index in [4.69, 9.17) is 4.74 Å². The summed E-state index contributed by atoms with van der Waals surface area (Å²) in [6, 6.07) is 5.22. The third kappa shape index (κ3) is 5.26. The van der Waals surface area contributed by atoms with Gasteiger partial charge in [0.1, 0.15) is 0 Å². The number of morpholine rings is 1. The highest BCUT2D eigenvalue weighted by atomic mass is 32.1. The van der Waals surface area contributed by atoms with Crippen LogP contribution in [0.3, 0.4) is 0 Å². The molecule has 0 radical (unpaired) electrons. The van der Waals surface area contributed by atoms with Crippen molar-refractivity contribution in [1.29, 1.82) is 0 Å². The zero-order valence-electron chi connectivity index (χ0n) is 13.8. The van der Waals surface area contributed by atoms with E-state index in [1.807, 2.05) is 7.05 Å². The number of hydrogen-bond donors (Lipinski definition) is 2. The zero-order valence-corrected chi connectivity index (χ0v) is 14.7. The van der Waals surface area contributed by atoms with E-state index in [1.54, 1.807) is 11.3 Å². The molecule has 0 bridgehead atoms. The van der Waals surface area contributed by atoms with E-state index in [1.165, 1.54) is 4.88 Å². The van der Waals surface area contributed by atoms with Gasteiger partial charge in [0.05, 0.1) is 13.2 Å². The van der Waals surface area contributed by atoms with Gasteiger partial charge in [-0.1, -0.05) is 6.07 Å². The zero-order chi connectivity index (χ0) is 15.8. The Balaban J connectivity index is 1.69. The van der Waals surface area contributed by atoms with Crippen molar-refractivity contribution in [2.75, 3.05) is 39.9 Å². The molecule has 0 spiro atoms. The van der Waals surface area contributed by atoms with Crippen LogP contribution in [0.1, 0.15) is 18.7 Å². The molecule has 22 heavy (non-hydrogen) atoms. The molecule has 2 N–H and O–H groups in total. The van der Waals surface area contributed by atoms with E-state index in [0.717, 1.165) is 45.2 Å². The summed E-state index contributed by atoms with van der Waals surface area (Å²) in [5, 5.41) is 8.93. The average molecular weight is 324 g/mol. The van der Waals surface area contributed by atoms with Gasteiger partial charge in [-0.05, 0) is 31.7 Å². The van der Waals surface area contributed by atoms with Gasteiger partial charge in [-0.25, -0.2) is 0 Å². The third-order valence-electron chi connectivity index (χ3n) is 4.02. The van der Waals surface area contributed by atoms with Crippen molar-refractivity contribution < 1.29 is 4.74 Å². The van der Waals surface area contributed by atoms with Crippen LogP contribution >= 0.6 is 11.3 Å². The molecule has 0 amide bonds. The minimum atomic E-state index is 0.467. The Morgan fingerprint density at radius 2 is 2.41 bits per heavy atom. The minimum absolute atomic E-state index is 0.467. The number of rotatable bonds is 6. The molecule has 1 aromatic heterocycles. The van der Waals surface area contributed by atoms with Crippen molar-refractivity contribution in [3.05, 3.63) is 22.4 Å². The van der Waals surface area contributed by atoms with Crippen LogP contribution in [0.25, 0.3) is 0 Å². The number of aliphatic imine (C=N–C) groups is 1. The quantitative estimate of drug-likeness (QED) is 0.616. The number of nitrogens with one attached hydrogen (secondary N) is 2. The average Bonchev–Trinajstić information content (AvgIpc) is 3.04. The van der Waals surface area contributed by atoms with Crippen molar-refractivity contribution in [2.45, 2.75) is 32.4 Å². The molecular weight excluding hydrogens is 296 g/mol. The van der Waals surface area contributed by atoms with Crippen LogP contribution in [0.4, 0.5) is 0 Å². The van der Waals surface area contributed by atoms with Gasteiger partial charge in [0.15, 0.2) is 5.96 Å². The summed E-state index contributed by atoms with van der Waals surface area (Å²) in [4.78, 5) is 8.19. The first-order chi connectivity index (χ1) is 10.7. The molecule has 2 rings (SSSR count). The molecule has 0 aliphatic carbocycles. The van der Waals surface area contributed by atoms with Crippen LogP contribution in [0.2, 0.25) is 0 Å². The van der Waals surface area contributed by atoms with E-state index in [-0.39, 0.29) is 0 Å². The van der Waals surface area contributed by atoms with Gasteiger partial charge in [-0.3, -0.25) is 9.89 Å². The lowest BCUT2D eigenvalue weighted by Gasteiger charge is -2.38. The summed E-state index contributed by atoms with van der Waals surface area (Å²) in [5.74, 6) is 0.879.